The molecule has 5 nitrogen and oxygen atoms in total. The summed E-state index contributed by atoms with van der Waals surface area (Å²) in [7, 11) is -3.83. The normalized spacial score (nSPS) is 15.4. The summed E-state index contributed by atoms with van der Waals surface area (Å²) >= 11 is 5.76. The quantitative estimate of drug-likeness (QED) is 0.707. The van der Waals surface area contributed by atoms with Crippen molar-refractivity contribution in [3.8, 4) is 0 Å². The standard InChI is InChI=1S/C21H24ClFN2O3S/c1-15-7-10-18(11-8-15)29(27,28)25(17-5-3-2-4-6-17)14-21(26)24-16-9-12-20(23)19(22)13-16/h7-13,17H,2-6,14H2,1H3,(H,24,26). The van der Waals surface area contributed by atoms with Crippen LogP contribution in [0.4, 0.5) is 10.1 Å². The number of nitrogens with zero attached hydrogens (tertiary/aromatic N) is 1. The van der Waals surface area contributed by atoms with E-state index in [4.69, 9.17) is 11.6 Å². The second-order valence-corrected chi connectivity index (χ2v) is 9.63. The van der Waals surface area contributed by atoms with Crippen molar-refractivity contribution in [2.45, 2.75) is 50.0 Å². The molecule has 0 spiro atoms. The molecule has 2 aromatic rings. The van der Waals surface area contributed by atoms with Gasteiger partial charge in [0.15, 0.2) is 0 Å². The molecule has 0 unspecified atom stereocenters. The molecule has 1 N–H and O–H groups in total. The number of halogens is 2. The van der Waals surface area contributed by atoms with Crippen LogP contribution in [0.2, 0.25) is 5.02 Å². The molecule has 8 heteroatoms. The predicted molar refractivity (Wildman–Crippen MR) is 112 cm³/mol. The molecule has 1 fully saturated rings. The molecule has 1 aliphatic carbocycles. The maximum atomic E-state index is 13.3. The molecule has 0 radical (unpaired) electrons. The summed E-state index contributed by atoms with van der Waals surface area (Å²) in [5.41, 5.74) is 1.27. The molecule has 0 bridgehead atoms. The highest BCUT2D eigenvalue weighted by molar-refractivity contribution is 7.89. The van der Waals surface area contributed by atoms with Crippen molar-refractivity contribution in [1.29, 1.82) is 0 Å². The molecule has 0 atom stereocenters. The van der Waals surface area contributed by atoms with Gasteiger partial charge in [-0.2, -0.15) is 4.31 Å². The number of carbonyl (C=O) groups excluding carboxylic acids is 1. The fourth-order valence-corrected chi connectivity index (χ4v) is 5.36. The first-order valence-corrected chi connectivity index (χ1v) is 11.4. The molecule has 156 valence electrons. The first-order chi connectivity index (χ1) is 13.8. The van der Waals surface area contributed by atoms with E-state index in [2.05, 4.69) is 5.32 Å². The molecule has 3 rings (SSSR count). The lowest BCUT2D eigenvalue weighted by atomic mass is 9.95. The summed E-state index contributed by atoms with van der Waals surface area (Å²) in [6, 6.07) is 10.2. The van der Waals surface area contributed by atoms with Gasteiger partial charge in [0, 0.05) is 11.7 Å². The van der Waals surface area contributed by atoms with Gasteiger partial charge in [0.05, 0.1) is 16.5 Å². The second-order valence-electron chi connectivity index (χ2n) is 7.33. The van der Waals surface area contributed by atoms with Crippen LogP contribution in [0.1, 0.15) is 37.7 Å². The van der Waals surface area contributed by atoms with Crippen molar-refractivity contribution in [2.24, 2.45) is 0 Å². The highest BCUT2D eigenvalue weighted by atomic mass is 35.5. The summed E-state index contributed by atoms with van der Waals surface area (Å²) in [4.78, 5) is 12.8. The zero-order valence-corrected chi connectivity index (χ0v) is 17.8. The molecule has 0 saturated heterocycles. The lowest BCUT2D eigenvalue weighted by Crippen LogP contribution is -2.45. The maximum Gasteiger partial charge on any atom is 0.243 e. The number of aryl methyl sites for hydroxylation is 1. The first-order valence-electron chi connectivity index (χ1n) is 9.61. The highest BCUT2D eigenvalue weighted by Gasteiger charge is 2.34. The Hall–Kier alpha value is -1.96. The summed E-state index contributed by atoms with van der Waals surface area (Å²) in [6.07, 6.45) is 4.37. The van der Waals surface area contributed by atoms with Crippen LogP contribution in [0, 0.1) is 12.7 Å². The van der Waals surface area contributed by atoms with Crippen molar-refractivity contribution in [1.82, 2.24) is 4.31 Å². The topological polar surface area (TPSA) is 66.5 Å². The zero-order chi connectivity index (χ0) is 21.0. The number of rotatable bonds is 6. The Kier molecular flexibility index (Phi) is 6.93. The van der Waals surface area contributed by atoms with E-state index >= 15 is 0 Å². The zero-order valence-electron chi connectivity index (χ0n) is 16.2. The van der Waals surface area contributed by atoms with Gasteiger partial charge in [-0.3, -0.25) is 4.79 Å². The van der Waals surface area contributed by atoms with Gasteiger partial charge in [0.25, 0.3) is 0 Å². The lowest BCUT2D eigenvalue weighted by molar-refractivity contribution is -0.116. The van der Waals surface area contributed by atoms with E-state index in [1.165, 1.54) is 16.4 Å². The van der Waals surface area contributed by atoms with Gasteiger partial charge in [-0.15, -0.1) is 0 Å². The highest BCUT2D eigenvalue weighted by Crippen LogP contribution is 2.28. The van der Waals surface area contributed by atoms with E-state index in [0.29, 0.717) is 5.69 Å². The Balaban J connectivity index is 1.84. The van der Waals surface area contributed by atoms with Crippen LogP contribution in [-0.4, -0.2) is 31.2 Å². The van der Waals surface area contributed by atoms with E-state index in [1.807, 2.05) is 6.92 Å². The number of sulfonamides is 1. The van der Waals surface area contributed by atoms with Gasteiger partial charge < -0.3 is 5.32 Å². The minimum absolute atomic E-state index is 0.112. The molecule has 29 heavy (non-hydrogen) atoms. The summed E-state index contributed by atoms with van der Waals surface area (Å²) in [5.74, 6) is -1.08. The SMILES string of the molecule is Cc1ccc(S(=O)(=O)N(CC(=O)Nc2ccc(F)c(Cl)c2)C2CCCCC2)cc1. The van der Waals surface area contributed by atoms with Crippen LogP contribution in [0.3, 0.4) is 0 Å². The van der Waals surface area contributed by atoms with Crippen molar-refractivity contribution < 1.29 is 17.6 Å². The summed E-state index contributed by atoms with van der Waals surface area (Å²) in [6.45, 7) is 1.58. The first kappa shape index (κ1) is 21.7. The van der Waals surface area contributed by atoms with Crippen LogP contribution in [0.25, 0.3) is 0 Å². The molecule has 1 amide bonds. The van der Waals surface area contributed by atoms with Gasteiger partial charge in [0.2, 0.25) is 15.9 Å². The predicted octanol–water partition coefficient (Wildman–Crippen LogP) is 4.75. The molecular weight excluding hydrogens is 415 g/mol. The van der Waals surface area contributed by atoms with Crippen molar-refractivity contribution >= 4 is 33.2 Å². The van der Waals surface area contributed by atoms with Crippen LogP contribution in [0.15, 0.2) is 47.4 Å². The van der Waals surface area contributed by atoms with Crippen LogP contribution >= 0.6 is 11.6 Å². The number of nitrogens with one attached hydrogen (secondary N) is 1. The number of hydrogen-bond acceptors (Lipinski definition) is 3. The Morgan fingerprint density at radius 2 is 1.79 bits per heavy atom. The third-order valence-electron chi connectivity index (χ3n) is 5.11. The van der Waals surface area contributed by atoms with Gasteiger partial charge >= 0.3 is 0 Å². The monoisotopic (exact) mass is 438 g/mol. The Morgan fingerprint density at radius 1 is 1.14 bits per heavy atom. The second kappa shape index (κ2) is 9.24. The van der Waals surface area contributed by atoms with Crippen molar-refractivity contribution in [3.05, 3.63) is 58.9 Å². The van der Waals surface area contributed by atoms with E-state index in [-0.39, 0.29) is 22.5 Å². The minimum atomic E-state index is -3.83. The van der Waals surface area contributed by atoms with E-state index < -0.39 is 21.7 Å². The van der Waals surface area contributed by atoms with Crippen LogP contribution in [-0.2, 0) is 14.8 Å². The maximum absolute atomic E-state index is 13.3. The molecule has 1 saturated carbocycles. The molecule has 0 aliphatic heterocycles. The third kappa shape index (κ3) is 5.35. The molecule has 1 aliphatic rings. The number of hydrogen-bond donors (Lipinski definition) is 1. The third-order valence-corrected chi connectivity index (χ3v) is 7.31. The van der Waals surface area contributed by atoms with E-state index in [9.17, 15) is 17.6 Å². The van der Waals surface area contributed by atoms with Crippen LogP contribution in [0.5, 0.6) is 0 Å². The number of carbonyl (C=O) groups is 1. The van der Waals surface area contributed by atoms with E-state index in [0.717, 1.165) is 43.7 Å². The Labute approximate surface area is 175 Å². The fourth-order valence-electron chi connectivity index (χ4n) is 3.54. The van der Waals surface area contributed by atoms with Gasteiger partial charge in [-0.05, 0) is 50.1 Å². The smallest absolute Gasteiger partial charge is 0.243 e. The average Bonchev–Trinajstić information content (AvgIpc) is 2.70. The molecular formula is C21H24ClFN2O3S. The molecule has 0 aromatic heterocycles. The average molecular weight is 439 g/mol. The van der Waals surface area contributed by atoms with Crippen molar-refractivity contribution in [2.75, 3.05) is 11.9 Å². The summed E-state index contributed by atoms with van der Waals surface area (Å²) < 4.78 is 41.2. The number of anilines is 1. The van der Waals surface area contributed by atoms with Gasteiger partial charge in [-0.25, -0.2) is 12.8 Å². The Bertz CT molecular complexity index is 974. The molecule has 2 aromatic carbocycles. The summed E-state index contributed by atoms with van der Waals surface area (Å²) in [5, 5.41) is 2.50. The minimum Gasteiger partial charge on any atom is -0.325 e. The Morgan fingerprint density at radius 3 is 2.41 bits per heavy atom. The van der Waals surface area contributed by atoms with Crippen molar-refractivity contribution in [3.63, 3.8) is 0 Å². The van der Waals surface area contributed by atoms with Gasteiger partial charge in [0.1, 0.15) is 5.82 Å². The van der Waals surface area contributed by atoms with E-state index in [1.54, 1.807) is 24.3 Å². The fraction of sp³-hybridized carbons (Fsp3) is 0.381. The largest absolute Gasteiger partial charge is 0.325 e. The number of amides is 1. The van der Waals surface area contributed by atoms with Crippen LogP contribution < -0.4 is 5.32 Å². The molecule has 0 heterocycles. The lowest BCUT2D eigenvalue weighted by Gasteiger charge is -2.33. The van der Waals surface area contributed by atoms with Gasteiger partial charge in [-0.1, -0.05) is 48.6 Å². The number of benzene rings is 2.